The lowest BCUT2D eigenvalue weighted by Gasteiger charge is -2.20. The molecular weight excluding hydrogens is 380 g/mol. The van der Waals surface area contributed by atoms with Crippen molar-refractivity contribution >= 4 is 27.1 Å². The largest absolute Gasteiger partial charge is 0.350 e. The van der Waals surface area contributed by atoms with Crippen molar-refractivity contribution in [2.45, 2.75) is 37.3 Å². The van der Waals surface area contributed by atoms with Crippen molar-refractivity contribution in [1.82, 2.24) is 10.2 Å². The average molecular weight is 407 g/mol. The summed E-state index contributed by atoms with van der Waals surface area (Å²) >= 11 is 1.38. The maximum Gasteiger partial charge on any atom is 0.261 e. The topological polar surface area (TPSA) is 66.5 Å². The third-order valence-electron chi connectivity index (χ3n) is 4.64. The second kappa shape index (κ2) is 8.54. The van der Waals surface area contributed by atoms with Crippen LogP contribution in [0.4, 0.5) is 0 Å². The molecule has 5 nitrogen and oxygen atoms in total. The quantitative estimate of drug-likeness (QED) is 0.728. The first-order valence-electron chi connectivity index (χ1n) is 9.41. The minimum absolute atomic E-state index is 0.0378. The van der Waals surface area contributed by atoms with E-state index in [1.54, 1.807) is 18.2 Å². The van der Waals surface area contributed by atoms with E-state index in [-0.39, 0.29) is 11.7 Å². The van der Waals surface area contributed by atoms with E-state index in [4.69, 9.17) is 0 Å². The summed E-state index contributed by atoms with van der Waals surface area (Å²) in [6, 6.07) is 8.76. The maximum absolute atomic E-state index is 12.6. The van der Waals surface area contributed by atoms with Gasteiger partial charge in [-0.05, 0) is 43.6 Å². The summed E-state index contributed by atoms with van der Waals surface area (Å²) in [5.74, 6) is -0.165. The van der Waals surface area contributed by atoms with E-state index in [1.165, 1.54) is 11.3 Å². The van der Waals surface area contributed by atoms with Gasteiger partial charge in [-0.15, -0.1) is 11.3 Å². The minimum Gasteiger partial charge on any atom is -0.350 e. The fraction of sp³-hybridized carbons (Fsp3) is 0.450. The number of nitrogens with one attached hydrogen (secondary N) is 1. The summed E-state index contributed by atoms with van der Waals surface area (Å²) in [6.45, 7) is 7.80. The Morgan fingerprint density at radius 1 is 1.15 bits per heavy atom. The Labute approximate surface area is 165 Å². The van der Waals surface area contributed by atoms with Crippen LogP contribution in [0.5, 0.6) is 0 Å². The Hall–Kier alpha value is -1.70. The van der Waals surface area contributed by atoms with Gasteiger partial charge in [-0.2, -0.15) is 0 Å². The first kappa shape index (κ1) is 20.0. The Kier molecular flexibility index (Phi) is 6.34. The molecule has 1 N–H and O–H groups in total. The average Bonchev–Trinajstić information content (AvgIpc) is 3.05. The van der Waals surface area contributed by atoms with Crippen molar-refractivity contribution in [1.29, 1.82) is 0 Å². The van der Waals surface area contributed by atoms with Gasteiger partial charge >= 0.3 is 0 Å². The molecule has 1 aliphatic heterocycles. The molecule has 2 heterocycles. The van der Waals surface area contributed by atoms with Crippen LogP contribution in [-0.4, -0.2) is 45.4 Å². The highest BCUT2D eigenvalue weighted by molar-refractivity contribution is 7.91. The highest BCUT2D eigenvalue weighted by Crippen LogP contribution is 2.42. The van der Waals surface area contributed by atoms with E-state index in [1.807, 2.05) is 12.1 Å². The Morgan fingerprint density at radius 3 is 2.56 bits per heavy atom. The number of nitrogens with zero attached hydrogens (tertiary/aromatic N) is 1. The number of carbonyl (C=O) groups is 1. The number of sulfone groups is 1. The third-order valence-corrected chi connectivity index (χ3v) is 7.56. The predicted molar refractivity (Wildman–Crippen MR) is 110 cm³/mol. The zero-order valence-corrected chi connectivity index (χ0v) is 17.5. The van der Waals surface area contributed by atoms with Crippen LogP contribution in [0.1, 0.15) is 41.9 Å². The first-order chi connectivity index (χ1) is 13.0. The second-order valence-corrected chi connectivity index (χ2v) is 9.83. The monoisotopic (exact) mass is 406 g/mol. The molecule has 0 bridgehead atoms. The molecule has 7 heteroatoms. The number of thiophene rings is 1. The number of amides is 1. The van der Waals surface area contributed by atoms with Gasteiger partial charge in [0.2, 0.25) is 0 Å². The zero-order chi connectivity index (χ0) is 19.4. The number of hydrogen-bond donors (Lipinski definition) is 1. The molecule has 1 aliphatic rings. The van der Waals surface area contributed by atoms with Crippen molar-refractivity contribution in [3.8, 4) is 10.4 Å². The number of hydrogen-bond acceptors (Lipinski definition) is 5. The van der Waals surface area contributed by atoms with Crippen LogP contribution in [0.3, 0.4) is 0 Å². The zero-order valence-electron chi connectivity index (χ0n) is 15.8. The van der Waals surface area contributed by atoms with Crippen LogP contribution < -0.4 is 5.32 Å². The van der Waals surface area contributed by atoms with Gasteiger partial charge in [0.15, 0.2) is 9.84 Å². The minimum atomic E-state index is -3.34. The lowest BCUT2D eigenvalue weighted by atomic mass is 10.1. The van der Waals surface area contributed by atoms with Crippen molar-refractivity contribution < 1.29 is 13.2 Å². The number of carbonyl (C=O) groups excluding carboxylic acids is 1. The van der Waals surface area contributed by atoms with Gasteiger partial charge in [0.1, 0.15) is 0 Å². The molecule has 1 amide bonds. The summed E-state index contributed by atoms with van der Waals surface area (Å²) in [5.41, 5.74) is 1.43. The van der Waals surface area contributed by atoms with Crippen LogP contribution in [0.15, 0.2) is 35.2 Å². The van der Waals surface area contributed by atoms with Gasteiger partial charge in [0, 0.05) is 23.5 Å². The SMILES string of the molecule is CCCN(CCC)CCNC(=O)c1cc2c(s1)-c1ccccc1S(=O)(=O)C2. The molecule has 0 saturated carbocycles. The molecule has 0 fully saturated rings. The molecule has 1 aromatic carbocycles. The predicted octanol–water partition coefficient (Wildman–Crippen LogP) is 3.55. The first-order valence-corrected chi connectivity index (χ1v) is 11.9. The van der Waals surface area contributed by atoms with E-state index in [9.17, 15) is 13.2 Å². The molecule has 0 spiro atoms. The molecule has 1 aromatic heterocycles. The summed E-state index contributed by atoms with van der Waals surface area (Å²) in [5, 5.41) is 2.98. The second-order valence-electron chi connectivity index (χ2n) is 6.82. The molecule has 2 aromatic rings. The smallest absolute Gasteiger partial charge is 0.261 e. The van der Waals surface area contributed by atoms with E-state index in [0.29, 0.717) is 21.9 Å². The van der Waals surface area contributed by atoms with Gasteiger partial charge in [-0.1, -0.05) is 32.0 Å². The molecule has 0 atom stereocenters. The molecule has 27 heavy (non-hydrogen) atoms. The number of rotatable bonds is 8. The third kappa shape index (κ3) is 4.42. The van der Waals surface area contributed by atoms with Crippen LogP contribution in [0.25, 0.3) is 10.4 Å². The molecule has 0 saturated heterocycles. The Morgan fingerprint density at radius 2 is 1.85 bits per heavy atom. The van der Waals surface area contributed by atoms with Crippen LogP contribution >= 0.6 is 11.3 Å². The highest BCUT2D eigenvalue weighted by atomic mass is 32.2. The summed E-state index contributed by atoms with van der Waals surface area (Å²) in [6.07, 6.45) is 2.19. The number of fused-ring (bicyclic) bond motifs is 3. The summed E-state index contributed by atoms with van der Waals surface area (Å²) < 4.78 is 25.0. The van der Waals surface area contributed by atoms with Crippen molar-refractivity contribution in [3.63, 3.8) is 0 Å². The Bertz CT molecular complexity index is 913. The van der Waals surface area contributed by atoms with Gasteiger partial charge in [-0.25, -0.2) is 8.42 Å². The molecule has 3 rings (SSSR count). The van der Waals surface area contributed by atoms with E-state index < -0.39 is 9.84 Å². The fourth-order valence-electron chi connectivity index (χ4n) is 3.47. The van der Waals surface area contributed by atoms with Gasteiger partial charge < -0.3 is 10.2 Å². The summed E-state index contributed by atoms with van der Waals surface area (Å²) in [7, 11) is -3.34. The van der Waals surface area contributed by atoms with Crippen molar-refractivity contribution in [3.05, 3.63) is 40.8 Å². The summed E-state index contributed by atoms with van der Waals surface area (Å²) in [4.78, 5) is 16.7. The lowest BCUT2D eigenvalue weighted by molar-refractivity contribution is 0.0952. The standard InChI is InChI=1S/C20H26N2O3S2/c1-3-10-22(11-4-2)12-9-21-20(23)17-13-15-14-27(24,25)18-8-6-5-7-16(18)19(15)26-17/h5-8,13H,3-4,9-12,14H2,1-2H3,(H,21,23). The normalized spacial score (nSPS) is 14.6. The highest BCUT2D eigenvalue weighted by Gasteiger charge is 2.30. The fourth-order valence-corrected chi connectivity index (χ4v) is 6.34. The van der Waals surface area contributed by atoms with Crippen molar-refractivity contribution in [2.75, 3.05) is 26.2 Å². The van der Waals surface area contributed by atoms with Crippen molar-refractivity contribution in [2.24, 2.45) is 0 Å². The molecule has 0 radical (unpaired) electrons. The molecular formula is C20H26N2O3S2. The van der Waals surface area contributed by atoms with Gasteiger partial charge in [0.25, 0.3) is 5.91 Å². The molecule has 0 unspecified atom stereocenters. The molecule has 146 valence electrons. The molecule has 0 aliphatic carbocycles. The van der Waals surface area contributed by atoms with E-state index >= 15 is 0 Å². The maximum atomic E-state index is 12.6. The van der Waals surface area contributed by atoms with Crippen LogP contribution in [-0.2, 0) is 15.6 Å². The Balaban J connectivity index is 1.72. The number of benzene rings is 1. The lowest BCUT2D eigenvalue weighted by Crippen LogP contribution is -2.35. The van der Waals surface area contributed by atoms with Gasteiger partial charge in [-0.3, -0.25) is 4.79 Å². The van der Waals surface area contributed by atoms with Crippen LogP contribution in [0, 0.1) is 0 Å². The van der Waals surface area contributed by atoms with E-state index in [2.05, 4.69) is 24.1 Å². The van der Waals surface area contributed by atoms with E-state index in [0.717, 1.165) is 42.9 Å². The van der Waals surface area contributed by atoms with Crippen LogP contribution in [0.2, 0.25) is 0 Å². The van der Waals surface area contributed by atoms with Gasteiger partial charge in [0.05, 0.1) is 15.5 Å².